The summed E-state index contributed by atoms with van der Waals surface area (Å²) in [5, 5.41) is 8.95. The van der Waals surface area contributed by atoms with Crippen LogP contribution in [0.15, 0.2) is 45.6 Å². The molecule has 27 heavy (non-hydrogen) atoms. The number of amides is 1. The molecule has 0 saturated heterocycles. The third kappa shape index (κ3) is 3.45. The molecule has 3 aromatic rings. The van der Waals surface area contributed by atoms with Crippen LogP contribution >= 0.6 is 0 Å². The maximum Gasteiger partial charge on any atom is 0.437 e. The summed E-state index contributed by atoms with van der Waals surface area (Å²) in [5.41, 5.74) is 0.679. The molecule has 2 aromatic carbocycles. The van der Waals surface area contributed by atoms with Gasteiger partial charge < -0.3 is 14.5 Å². The van der Waals surface area contributed by atoms with Crippen molar-refractivity contribution in [2.75, 3.05) is 7.11 Å². The SMILES string of the molecule is COc1ccc(-c2nn(CC(=O)NC3CCCC3)c(=O)o2)c2ccccc12. The van der Waals surface area contributed by atoms with Gasteiger partial charge in [0.15, 0.2) is 0 Å². The Hall–Kier alpha value is -3.09. The summed E-state index contributed by atoms with van der Waals surface area (Å²) in [6.45, 7) is -0.146. The molecule has 1 saturated carbocycles. The summed E-state index contributed by atoms with van der Waals surface area (Å²) >= 11 is 0. The molecule has 0 unspecified atom stereocenters. The summed E-state index contributed by atoms with van der Waals surface area (Å²) < 4.78 is 11.8. The minimum Gasteiger partial charge on any atom is -0.496 e. The minimum atomic E-state index is -0.647. The van der Waals surface area contributed by atoms with Gasteiger partial charge in [-0.2, -0.15) is 4.68 Å². The summed E-state index contributed by atoms with van der Waals surface area (Å²) in [5.74, 6) is 0.0505. The molecule has 1 amide bonds. The lowest BCUT2D eigenvalue weighted by atomic mass is 10.0. The number of nitrogens with zero attached hydrogens (tertiary/aromatic N) is 2. The molecule has 1 aliphatic rings. The second-order valence-electron chi connectivity index (χ2n) is 6.74. The number of benzene rings is 2. The van der Waals surface area contributed by atoms with Crippen molar-refractivity contribution < 1.29 is 13.9 Å². The van der Waals surface area contributed by atoms with E-state index in [1.54, 1.807) is 13.2 Å². The Bertz CT molecular complexity index is 1030. The van der Waals surface area contributed by atoms with E-state index in [9.17, 15) is 9.59 Å². The van der Waals surface area contributed by atoms with Gasteiger partial charge in [0.2, 0.25) is 11.8 Å². The van der Waals surface area contributed by atoms with E-state index in [4.69, 9.17) is 9.15 Å². The zero-order valence-corrected chi connectivity index (χ0v) is 15.1. The number of hydrogen-bond acceptors (Lipinski definition) is 5. The molecule has 1 heterocycles. The van der Waals surface area contributed by atoms with Crippen molar-refractivity contribution >= 4 is 16.7 Å². The van der Waals surface area contributed by atoms with Crippen molar-refractivity contribution in [2.45, 2.75) is 38.3 Å². The number of fused-ring (bicyclic) bond motifs is 1. The second-order valence-corrected chi connectivity index (χ2v) is 6.74. The van der Waals surface area contributed by atoms with E-state index >= 15 is 0 Å². The van der Waals surface area contributed by atoms with Crippen LogP contribution < -0.4 is 15.8 Å². The fourth-order valence-electron chi connectivity index (χ4n) is 3.63. The van der Waals surface area contributed by atoms with Gasteiger partial charge in [-0.05, 0) is 30.4 Å². The van der Waals surface area contributed by atoms with Gasteiger partial charge in [-0.15, -0.1) is 5.10 Å². The number of hydrogen-bond donors (Lipinski definition) is 1. The Morgan fingerprint density at radius 2 is 1.96 bits per heavy atom. The highest BCUT2D eigenvalue weighted by Crippen LogP contribution is 2.33. The highest BCUT2D eigenvalue weighted by molar-refractivity contribution is 5.98. The molecule has 4 rings (SSSR count). The van der Waals surface area contributed by atoms with Gasteiger partial charge in [0, 0.05) is 17.0 Å². The van der Waals surface area contributed by atoms with Gasteiger partial charge in [0.25, 0.3) is 0 Å². The molecular weight excluding hydrogens is 346 g/mol. The van der Waals surface area contributed by atoms with Gasteiger partial charge in [0.05, 0.1) is 7.11 Å². The zero-order chi connectivity index (χ0) is 18.8. The van der Waals surface area contributed by atoms with Crippen LogP contribution in [0, 0.1) is 0 Å². The predicted molar refractivity (Wildman–Crippen MR) is 101 cm³/mol. The molecule has 7 heteroatoms. The average molecular weight is 367 g/mol. The average Bonchev–Trinajstić information content (AvgIpc) is 3.31. The molecular formula is C20H21N3O4. The van der Waals surface area contributed by atoms with E-state index in [0.717, 1.165) is 46.9 Å². The molecule has 1 aromatic heterocycles. The normalized spacial score (nSPS) is 14.6. The predicted octanol–water partition coefficient (Wildman–Crippen LogP) is 2.72. The molecule has 1 aliphatic carbocycles. The standard InChI is InChI=1S/C20H21N3O4/c1-26-17-11-10-16(14-8-4-5-9-15(14)17)19-22-23(20(25)27-19)12-18(24)21-13-6-2-3-7-13/h4-5,8-11,13H,2-3,6-7,12H2,1H3,(H,21,24). The number of ether oxygens (including phenoxy) is 1. The van der Waals surface area contributed by atoms with Crippen LogP contribution in [0.3, 0.4) is 0 Å². The summed E-state index contributed by atoms with van der Waals surface area (Å²) in [6, 6.07) is 11.5. The first kappa shape index (κ1) is 17.3. The van der Waals surface area contributed by atoms with Crippen molar-refractivity contribution in [3.05, 3.63) is 46.9 Å². The van der Waals surface area contributed by atoms with Crippen LogP contribution in [0.4, 0.5) is 0 Å². The first-order valence-electron chi connectivity index (χ1n) is 9.09. The highest BCUT2D eigenvalue weighted by atomic mass is 16.5. The van der Waals surface area contributed by atoms with Crippen molar-refractivity contribution in [1.82, 2.24) is 15.1 Å². The van der Waals surface area contributed by atoms with Crippen LogP contribution in [-0.4, -0.2) is 28.8 Å². The fraction of sp³-hybridized carbons (Fsp3) is 0.350. The van der Waals surface area contributed by atoms with Crippen molar-refractivity contribution in [1.29, 1.82) is 0 Å². The summed E-state index contributed by atoms with van der Waals surface area (Å²) in [7, 11) is 1.61. The van der Waals surface area contributed by atoms with E-state index < -0.39 is 5.76 Å². The lowest BCUT2D eigenvalue weighted by Crippen LogP contribution is -2.37. The lowest BCUT2D eigenvalue weighted by molar-refractivity contribution is -0.122. The van der Waals surface area contributed by atoms with Crippen LogP contribution in [-0.2, 0) is 11.3 Å². The molecule has 1 N–H and O–H groups in total. The quantitative estimate of drug-likeness (QED) is 0.749. The third-order valence-electron chi connectivity index (χ3n) is 4.95. The van der Waals surface area contributed by atoms with Gasteiger partial charge in [-0.25, -0.2) is 4.79 Å². The largest absolute Gasteiger partial charge is 0.496 e. The van der Waals surface area contributed by atoms with Crippen LogP contribution in [0.5, 0.6) is 5.75 Å². The van der Waals surface area contributed by atoms with Gasteiger partial charge in [-0.3, -0.25) is 4.79 Å². The Balaban J connectivity index is 1.63. The molecule has 1 fully saturated rings. The number of nitrogens with one attached hydrogen (secondary N) is 1. The Labute approximate surface area is 155 Å². The van der Waals surface area contributed by atoms with Crippen molar-refractivity contribution in [3.8, 4) is 17.2 Å². The van der Waals surface area contributed by atoms with Gasteiger partial charge in [0.1, 0.15) is 12.3 Å². The molecule has 0 bridgehead atoms. The van der Waals surface area contributed by atoms with E-state index in [2.05, 4.69) is 10.4 Å². The monoisotopic (exact) mass is 367 g/mol. The molecule has 0 atom stereocenters. The van der Waals surface area contributed by atoms with Gasteiger partial charge >= 0.3 is 5.76 Å². The smallest absolute Gasteiger partial charge is 0.437 e. The van der Waals surface area contributed by atoms with Crippen molar-refractivity contribution in [3.63, 3.8) is 0 Å². The summed E-state index contributed by atoms with van der Waals surface area (Å²) in [6.07, 6.45) is 4.23. The number of aromatic nitrogens is 2. The lowest BCUT2D eigenvalue weighted by Gasteiger charge is -2.10. The molecule has 140 valence electrons. The van der Waals surface area contributed by atoms with E-state index in [1.165, 1.54) is 0 Å². The van der Waals surface area contributed by atoms with Crippen molar-refractivity contribution in [2.24, 2.45) is 0 Å². The molecule has 7 nitrogen and oxygen atoms in total. The number of carbonyl (C=O) groups is 1. The highest BCUT2D eigenvalue weighted by Gasteiger charge is 2.20. The number of methoxy groups -OCH3 is 1. The first-order chi connectivity index (χ1) is 13.2. The Kier molecular flexibility index (Phi) is 4.66. The summed E-state index contributed by atoms with van der Waals surface area (Å²) in [4.78, 5) is 24.4. The fourth-order valence-corrected chi connectivity index (χ4v) is 3.63. The Morgan fingerprint density at radius 1 is 1.22 bits per heavy atom. The second kappa shape index (κ2) is 7.26. The first-order valence-corrected chi connectivity index (χ1v) is 9.09. The van der Waals surface area contributed by atoms with Gasteiger partial charge in [-0.1, -0.05) is 37.1 Å². The van der Waals surface area contributed by atoms with E-state index in [1.807, 2.05) is 30.3 Å². The van der Waals surface area contributed by atoms with Crippen LogP contribution in [0.25, 0.3) is 22.2 Å². The molecule has 0 spiro atoms. The minimum absolute atomic E-state index is 0.146. The number of rotatable bonds is 5. The third-order valence-corrected chi connectivity index (χ3v) is 4.95. The topological polar surface area (TPSA) is 86.4 Å². The van der Waals surface area contributed by atoms with Crippen LogP contribution in [0.2, 0.25) is 0 Å². The number of carbonyl (C=O) groups excluding carboxylic acids is 1. The molecule has 0 radical (unpaired) electrons. The van der Waals surface area contributed by atoms with Crippen LogP contribution in [0.1, 0.15) is 25.7 Å². The van der Waals surface area contributed by atoms with E-state index in [-0.39, 0.29) is 24.4 Å². The molecule has 0 aliphatic heterocycles. The Morgan fingerprint density at radius 3 is 2.70 bits per heavy atom. The maximum absolute atomic E-state index is 12.2. The zero-order valence-electron chi connectivity index (χ0n) is 15.1. The van der Waals surface area contributed by atoms with E-state index in [0.29, 0.717) is 5.56 Å². The maximum atomic E-state index is 12.2.